The van der Waals surface area contributed by atoms with Crippen LogP contribution in [0.25, 0.3) is 0 Å². The number of aliphatic hydroxyl groups is 3. The van der Waals surface area contributed by atoms with Gasteiger partial charge < -0.3 is 31.3 Å². The van der Waals surface area contributed by atoms with E-state index in [4.69, 9.17) is 5.73 Å². The molecule has 0 spiro atoms. The summed E-state index contributed by atoms with van der Waals surface area (Å²) in [5, 5.41) is 56.1. The Morgan fingerprint density at radius 2 is 1.60 bits per heavy atom. The molecular formula is C31H35NO9S. The summed E-state index contributed by atoms with van der Waals surface area (Å²) in [7, 11) is 0. The average Bonchev–Trinajstić information content (AvgIpc) is 2.90. The van der Waals surface area contributed by atoms with Crippen LogP contribution in [-0.4, -0.2) is 65.9 Å². The molecule has 11 heteroatoms. The Morgan fingerprint density at radius 3 is 2.17 bits per heavy atom. The first-order chi connectivity index (χ1) is 19.5. The molecule has 1 amide bonds. The van der Waals surface area contributed by atoms with Crippen molar-refractivity contribution in [2.24, 2.45) is 40.2 Å². The van der Waals surface area contributed by atoms with Crippen LogP contribution in [0.3, 0.4) is 0 Å². The van der Waals surface area contributed by atoms with Gasteiger partial charge in [0.25, 0.3) is 0 Å². The molecule has 42 heavy (non-hydrogen) atoms. The van der Waals surface area contributed by atoms with Crippen molar-refractivity contribution >= 4 is 34.4 Å². The molecule has 2 aromatic carbocycles. The number of nitrogens with two attached hydrogens (primary N) is 1. The van der Waals surface area contributed by atoms with E-state index >= 15 is 0 Å². The van der Waals surface area contributed by atoms with Crippen LogP contribution in [0.1, 0.15) is 65.6 Å². The Bertz CT molecular complexity index is 1490. The molecule has 224 valence electrons. The number of benzene rings is 2. The van der Waals surface area contributed by atoms with E-state index < -0.39 is 85.9 Å². The lowest BCUT2D eigenvalue weighted by Gasteiger charge is -2.67. The second kappa shape index (κ2) is 9.90. The third-order valence-corrected chi connectivity index (χ3v) is 11.5. The minimum Gasteiger partial charge on any atom is -0.508 e. The molecule has 7 N–H and O–H groups in total. The Labute approximate surface area is 246 Å². The van der Waals surface area contributed by atoms with Gasteiger partial charge in [-0.3, -0.25) is 19.2 Å². The van der Waals surface area contributed by atoms with Gasteiger partial charge in [-0.15, -0.1) is 0 Å². The van der Waals surface area contributed by atoms with E-state index in [0.29, 0.717) is 5.56 Å². The highest BCUT2D eigenvalue weighted by Gasteiger charge is 2.77. The maximum atomic E-state index is 14.2. The van der Waals surface area contributed by atoms with Crippen molar-refractivity contribution in [3.8, 4) is 11.5 Å². The van der Waals surface area contributed by atoms with Crippen molar-refractivity contribution in [1.82, 2.24) is 0 Å². The van der Waals surface area contributed by atoms with E-state index in [0.717, 1.165) is 17.8 Å². The molecule has 2 unspecified atom stereocenters. The maximum Gasteiger partial charge on any atom is 0.230 e. The molecule has 3 aliphatic carbocycles. The van der Waals surface area contributed by atoms with E-state index in [1.54, 1.807) is 51.1 Å². The van der Waals surface area contributed by atoms with Gasteiger partial charge in [0.15, 0.2) is 17.2 Å². The van der Waals surface area contributed by atoms with Crippen molar-refractivity contribution < 1.29 is 44.7 Å². The predicted molar refractivity (Wildman–Crippen MR) is 153 cm³/mol. The van der Waals surface area contributed by atoms with Crippen molar-refractivity contribution in [2.75, 3.05) is 0 Å². The van der Waals surface area contributed by atoms with Crippen molar-refractivity contribution in [3.63, 3.8) is 0 Å². The van der Waals surface area contributed by atoms with E-state index in [9.17, 15) is 44.7 Å². The third kappa shape index (κ3) is 3.83. The van der Waals surface area contributed by atoms with Gasteiger partial charge in [0, 0.05) is 21.8 Å². The largest absolute Gasteiger partial charge is 0.508 e. The first-order valence-corrected chi connectivity index (χ1v) is 14.7. The molecule has 10 nitrogen and oxygen atoms in total. The van der Waals surface area contributed by atoms with Crippen molar-refractivity contribution in [3.05, 3.63) is 59.2 Å². The number of amides is 1. The first kappa shape index (κ1) is 30.2. The zero-order valence-electron chi connectivity index (χ0n) is 23.6. The smallest absolute Gasteiger partial charge is 0.230 e. The van der Waals surface area contributed by atoms with Crippen molar-refractivity contribution in [1.29, 1.82) is 0 Å². The number of primary amides is 1. The summed E-state index contributed by atoms with van der Waals surface area (Å²) in [6, 6.07) is 10.7. The number of hydrogen-bond acceptors (Lipinski definition) is 10. The molecule has 2 saturated carbocycles. The highest BCUT2D eigenvalue weighted by molar-refractivity contribution is 8.14. The summed E-state index contributed by atoms with van der Waals surface area (Å²) in [6.45, 7) is 6.65. The molecule has 0 heterocycles. The van der Waals surface area contributed by atoms with Gasteiger partial charge >= 0.3 is 0 Å². The number of fused-ring (bicyclic) bond motifs is 3. The van der Waals surface area contributed by atoms with Gasteiger partial charge in [-0.1, -0.05) is 69.8 Å². The van der Waals surface area contributed by atoms with Crippen LogP contribution < -0.4 is 5.73 Å². The highest BCUT2D eigenvalue weighted by atomic mass is 32.2. The summed E-state index contributed by atoms with van der Waals surface area (Å²) in [5.41, 5.74) is -0.173. The van der Waals surface area contributed by atoms with Crippen LogP contribution in [-0.2, 0) is 9.59 Å². The first-order valence-electron chi connectivity index (χ1n) is 13.8. The second-order valence-electron chi connectivity index (χ2n) is 12.7. The van der Waals surface area contributed by atoms with Crippen LogP contribution in [0, 0.1) is 34.5 Å². The number of carbonyl (C=O) groups is 4. The lowest BCUT2D eigenvalue weighted by atomic mass is 9.39. The number of phenols is 2. The molecular weight excluding hydrogens is 562 g/mol. The number of carbonyl (C=O) groups excluding carboxylic acids is 4. The SMILES string of the molecule is CC(C)[C@H]1C(O)[C@@H](C(N)=O)C(=O)[C@]2(O)C(O)[C@H]3C(=O)c4c(O)ccc(O)c4[C@@H](SC(=O)c4ccccc4)[C@]3(C)C[C@]12C. The Hall–Kier alpha value is -3.25. The summed E-state index contributed by atoms with van der Waals surface area (Å²) in [6.07, 6.45) is -3.87. The van der Waals surface area contributed by atoms with Crippen LogP contribution in [0.4, 0.5) is 0 Å². The monoisotopic (exact) mass is 597 g/mol. The molecule has 3 aliphatic rings. The zero-order valence-corrected chi connectivity index (χ0v) is 24.5. The Kier molecular flexibility index (Phi) is 7.12. The Morgan fingerprint density at radius 1 is 1.00 bits per heavy atom. The topological polar surface area (TPSA) is 195 Å². The molecule has 0 radical (unpaired) electrons. The summed E-state index contributed by atoms with van der Waals surface area (Å²) in [4.78, 5) is 54.1. The molecule has 0 bridgehead atoms. The van der Waals surface area contributed by atoms with Gasteiger partial charge in [0.1, 0.15) is 23.5 Å². The van der Waals surface area contributed by atoms with Gasteiger partial charge in [0.2, 0.25) is 11.0 Å². The maximum absolute atomic E-state index is 14.2. The number of hydrogen-bond donors (Lipinski definition) is 6. The van der Waals surface area contributed by atoms with Gasteiger partial charge in [0.05, 0.1) is 17.6 Å². The number of phenolic OH excluding ortho intramolecular Hbond substituents is 2. The van der Waals surface area contributed by atoms with E-state index in [2.05, 4.69) is 0 Å². The van der Waals surface area contributed by atoms with Crippen molar-refractivity contribution in [2.45, 2.75) is 57.2 Å². The summed E-state index contributed by atoms with van der Waals surface area (Å²) >= 11 is 0.805. The third-order valence-electron chi connectivity index (χ3n) is 10.0. The fraction of sp³-hybridized carbons (Fsp3) is 0.484. The van der Waals surface area contributed by atoms with Crippen LogP contribution in [0.15, 0.2) is 42.5 Å². The standard InChI is InChI=1S/C31H35NO9S/c1-13(2)20-23(36)19(27(32)39)24(37)31(41)25(38)21-22(35)17-15(33)10-11-16(34)18(17)26(29(21,3)12-30(20,31)4)42-28(40)14-8-6-5-7-9-14/h5-11,13,19-21,23,25-26,33-34,36,38,41H,12H2,1-4H3,(H2,32,39)/t19-,20+,21-,23?,25?,26-,29-,30-,31+/m1/s1. The summed E-state index contributed by atoms with van der Waals surface area (Å²) in [5.74, 6) is -8.78. The predicted octanol–water partition coefficient (Wildman–Crippen LogP) is 2.35. The summed E-state index contributed by atoms with van der Waals surface area (Å²) < 4.78 is 0. The zero-order chi connectivity index (χ0) is 31.1. The molecule has 2 fully saturated rings. The number of thioether (sulfide) groups is 1. The van der Waals surface area contributed by atoms with Gasteiger partial charge in [-0.2, -0.15) is 0 Å². The highest BCUT2D eigenvalue weighted by Crippen LogP contribution is 2.70. The van der Waals surface area contributed by atoms with Crippen LogP contribution in [0.2, 0.25) is 0 Å². The number of rotatable bonds is 4. The molecule has 0 aliphatic heterocycles. The molecule has 9 atom stereocenters. The lowest BCUT2D eigenvalue weighted by Crippen LogP contribution is -2.79. The molecule has 0 aromatic heterocycles. The van der Waals surface area contributed by atoms with Gasteiger partial charge in [-0.05, 0) is 35.8 Å². The number of aromatic hydroxyl groups is 2. The minimum atomic E-state index is -2.69. The fourth-order valence-electron chi connectivity index (χ4n) is 8.43. The normalized spacial score (nSPS) is 37.5. The molecule has 0 saturated heterocycles. The molecule has 2 aromatic rings. The van der Waals surface area contributed by atoms with E-state index in [1.165, 1.54) is 13.0 Å². The second-order valence-corrected chi connectivity index (χ2v) is 13.8. The fourth-order valence-corrected chi connectivity index (χ4v) is 9.77. The lowest BCUT2D eigenvalue weighted by molar-refractivity contribution is -0.265. The number of ketones is 2. The van der Waals surface area contributed by atoms with E-state index in [-0.39, 0.29) is 23.3 Å². The molecule has 5 rings (SSSR count). The number of Topliss-reactive ketones (excluding diaryl/α,β-unsaturated/α-hetero) is 2. The van der Waals surface area contributed by atoms with Crippen LogP contribution in [0.5, 0.6) is 11.5 Å². The quantitative estimate of drug-likeness (QED) is 0.225. The van der Waals surface area contributed by atoms with Gasteiger partial charge in [-0.25, -0.2) is 0 Å². The Balaban J connectivity index is 1.78. The van der Waals surface area contributed by atoms with E-state index in [1.807, 2.05) is 0 Å². The minimum absolute atomic E-state index is 0.00747. The van der Waals surface area contributed by atoms with Crippen LogP contribution >= 0.6 is 11.8 Å². The average molecular weight is 598 g/mol. The number of aliphatic hydroxyl groups excluding tert-OH is 2.